The van der Waals surface area contributed by atoms with Gasteiger partial charge in [0.05, 0.1) is 10.5 Å². The zero-order chi connectivity index (χ0) is 23.5. The summed E-state index contributed by atoms with van der Waals surface area (Å²) in [7, 11) is -3.87. The van der Waals surface area contributed by atoms with Crippen LogP contribution in [0, 0.1) is 0 Å². The van der Waals surface area contributed by atoms with Gasteiger partial charge < -0.3 is 10.2 Å². The van der Waals surface area contributed by atoms with Gasteiger partial charge in [-0.25, -0.2) is 13.9 Å². The van der Waals surface area contributed by atoms with Crippen molar-refractivity contribution in [3.05, 3.63) is 54.1 Å². The van der Waals surface area contributed by atoms with Gasteiger partial charge in [-0.3, -0.25) is 14.8 Å². The lowest BCUT2D eigenvalue weighted by Crippen LogP contribution is -2.48. The van der Waals surface area contributed by atoms with E-state index in [1.54, 1.807) is 11.0 Å². The molecule has 1 aliphatic rings. The first-order valence-electron chi connectivity index (χ1n) is 9.30. The number of hydrogen-bond donors (Lipinski definition) is 3. The molecule has 1 heterocycles. The Hall–Kier alpha value is -3.16. The summed E-state index contributed by atoms with van der Waals surface area (Å²) in [5, 5.41) is 10.6. The minimum absolute atomic E-state index is 0.0466. The smallest absolute Gasteiger partial charge is 0.369 e. The first-order chi connectivity index (χ1) is 15.0. The number of hydroxylamine groups is 1. The topological polar surface area (TPSA) is 119 Å². The molecular formula is C19H19F3N4O5S. The Morgan fingerprint density at radius 3 is 2.12 bits per heavy atom. The van der Waals surface area contributed by atoms with Gasteiger partial charge in [-0.05, 0) is 42.5 Å². The van der Waals surface area contributed by atoms with Crippen molar-refractivity contribution in [3.8, 4) is 0 Å². The second-order valence-corrected chi connectivity index (χ2v) is 8.80. The van der Waals surface area contributed by atoms with Crippen LogP contribution in [0.5, 0.6) is 0 Å². The fraction of sp³-hybridized carbons (Fsp3) is 0.263. The Balaban J connectivity index is 1.66. The molecule has 0 spiro atoms. The van der Waals surface area contributed by atoms with Gasteiger partial charge in [0, 0.05) is 37.6 Å². The zero-order valence-electron chi connectivity index (χ0n) is 16.5. The summed E-state index contributed by atoms with van der Waals surface area (Å²) < 4.78 is 65.8. The second kappa shape index (κ2) is 9.14. The number of alkyl halides is 3. The van der Waals surface area contributed by atoms with Gasteiger partial charge in [0.15, 0.2) is 0 Å². The number of piperazine rings is 1. The average Bonchev–Trinajstić information content (AvgIpc) is 2.78. The number of rotatable bonds is 4. The number of carbonyl (C=O) groups excluding carboxylic acids is 2. The van der Waals surface area contributed by atoms with Crippen LogP contribution in [-0.4, -0.2) is 55.9 Å². The number of anilines is 2. The highest BCUT2D eigenvalue weighted by Gasteiger charge is 2.32. The quantitative estimate of drug-likeness (QED) is 0.354. The van der Waals surface area contributed by atoms with Gasteiger partial charge >= 0.3 is 18.0 Å². The maximum atomic E-state index is 12.9. The lowest BCUT2D eigenvalue weighted by atomic mass is 10.1. The Bertz CT molecular complexity index is 1100. The lowest BCUT2D eigenvalue weighted by Gasteiger charge is -2.35. The lowest BCUT2D eigenvalue weighted by molar-refractivity contribution is -0.141. The first kappa shape index (κ1) is 23.5. The van der Waals surface area contributed by atoms with Gasteiger partial charge in [0.1, 0.15) is 0 Å². The molecule has 2 aromatic carbocycles. The molecule has 1 aliphatic heterocycles. The molecule has 9 nitrogen and oxygen atoms in total. The Morgan fingerprint density at radius 2 is 1.56 bits per heavy atom. The molecule has 0 unspecified atom stereocenters. The largest absolute Gasteiger partial charge is 0.416 e. The van der Waals surface area contributed by atoms with Crippen molar-refractivity contribution in [2.24, 2.45) is 0 Å². The number of carbonyl (C=O) groups is 2. The van der Waals surface area contributed by atoms with E-state index in [0.717, 1.165) is 12.1 Å². The van der Waals surface area contributed by atoms with Crippen molar-refractivity contribution in [1.29, 1.82) is 0 Å². The molecule has 0 aromatic heterocycles. The SMILES string of the molecule is O=C(NO)C(=O)Nc1ccc(S(=O)(=O)N2CCN(c3cccc(C(F)(F)F)c3)CC2)cc1. The van der Waals surface area contributed by atoms with Gasteiger partial charge in [0.2, 0.25) is 10.0 Å². The van der Waals surface area contributed by atoms with Gasteiger partial charge in [-0.1, -0.05) is 6.07 Å². The zero-order valence-corrected chi connectivity index (χ0v) is 17.3. The molecular weight excluding hydrogens is 453 g/mol. The highest BCUT2D eigenvalue weighted by molar-refractivity contribution is 7.89. The van der Waals surface area contributed by atoms with Crippen LogP contribution in [0.2, 0.25) is 0 Å². The summed E-state index contributed by atoms with van der Waals surface area (Å²) in [6.45, 7) is 0.581. The van der Waals surface area contributed by atoms with Crippen molar-refractivity contribution in [1.82, 2.24) is 9.79 Å². The third kappa shape index (κ3) is 5.18. The van der Waals surface area contributed by atoms with Crippen LogP contribution in [0.4, 0.5) is 24.5 Å². The van der Waals surface area contributed by atoms with E-state index in [4.69, 9.17) is 5.21 Å². The molecule has 0 aliphatic carbocycles. The maximum absolute atomic E-state index is 12.9. The third-order valence-corrected chi connectivity index (χ3v) is 6.75. The predicted octanol–water partition coefficient (Wildman–Crippen LogP) is 1.66. The Kier molecular flexibility index (Phi) is 6.71. The Labute approximate surface area is 181 Å². The van der Waals surface area contributed by atoms with Crippen LogP contribution in [0.3, 0.4) is 0 Å². The number of nitrogens with one attached hydrogen (secondary N) is 2. The molecule has 0 bridgehead atoms. The van der Waals surface area contributed by atoms with Crippen LogP contribution in [0.1, 0.15) is 5.56 Å². The van der Waals surface area contributed by atoms with E-state index in [9.17, 15) is 31.2 Å². The number of halogens is 3. The van der Waals surface area contributed by atoms with Crippen molar-refractivity contribution in [3.63, 3.8) is 0 Å². The monoisotopic (exact) mass is 472 g/mol. The molecule has 2 aromatic rings. The molecule has 172 valence electrons. The molecule has 1 saturated heterocycles. The highest BCUT2D eigenvalue weighted by atomic mass is 32.2. The number of hydrogen-bond acceptors (Lipinski definition) is 6. The fourth-order valence-corrected chi connectivity index (χ4v) is 4.59. The average molecular weight is 472 g/mol. The van der Waals surface area contributed by atoms with Crippen LogP contribution in [0.25, 0.3) is 0 Å². The second-order valence-electron chi connectivity index (χ2n) is 6.86. The molecule has 1 fully saturated rings. The maximum Gasteiger partial charge on any atom is 0.416 e. The minimum atomic E-state index is -4.46. The van der Waals surface area contributed by atoms with E-state index >= 15 is 0 Å². The van der Waals surface area contributed by atoms with Crippen molar-refractivity contribution in [2.75, 3.05) is 36.4 Å². The molecule has 3 rings (SSSR count). The number of amides is 2. The molecule has 3 N–H and O–H groups in total. The molecule has 13 heteroatoms. The fourth-order valence-electron chi connectivity index (χ4n) is 3.16. The van der Waals surface area contributed by atoms with Crippen LogP contribution < -0.4 is 15.7 Å². The van der Waals surface area contributed by atoms with E-state index in [1.165, 1.54) is 40.1 Å². The van der Waals surface area contributed by atoms with Gasteiger partial charge in [-0.15, -0.1) is 0 Å². The summed E-state index contributed by atoms with van der Waals surface area (Å²) in [6.07, 6.45) is -4.46. The number of benzene rings is 2. The highest BCUT2D eigenvalue weighted by Crippen LogP contribution is 2.32. The summed E-state index contributed by atoms with van der Waals surface area (Å²) in [5.74, 6) is -2.41. The molecule has 2 amide bonds. The van der Waals surface area contributed by atoms with Crippen LogP contribution in [0.15, 0.2) is 53.4 Å². The summed E-state index contributed by atoms with van der Waals surface area (Å²) in [4.78, 5) is 24.1. The van der Waals surface area contributed by atoms with Gasteiger partial charge in [0.25, 0.3) is 0 Å². The minimum Gasteiger partial charge on any atom is -0.369 e. The summed E-state index contributed by atoms with van der Waals surface area (Å²) >= 11 is 0. The third-order valence-electron chi connectivity index (χ3n) is 4.84. The van der Waals surface area contributed by atoms with E-state index < -0.39 is 33.6 Å². The van der Waals surface area contributed by atoms with E-state index in [0.29, 0.717) is 5.69 Å². The molecule has 32 heavy (non-hydrogen) atoms. The number of nitrogens with zero attached hydrogens (tertiary/aromatic N) is 2. The van der Waals surface area contributed by atoms with E-state index in [1.807, 2.05) is 0 Å². The van der Waals surface area contributed by atoms with E-state index in [-0.39, 0.29) is 36.8 Å². The molecule has 0 radical (unpaired) electrons. The summed E-state index contributed by atoms with van der Waals surface area (Å²) in [5.41, 5.74) is 0.916. The van der Waals surface area contributed by atoms with Gasteiger partial charge in [-0.2, -0.15) is 17.5 Å². The molecule has 0 atom stereocenters. The van der Waals surface area contributed by atoms with E-state index in [2.05, 4.69) is 5.32 Å². The number of sulfonamides is 1. The van der Waals surface area contributed by atoms with Crippen LogP contribution >= 0.6 is 0 Å². The standard InChI is InChI=1S/C19H19F3N4O5S/c20-19(21,22)13-2-1-3-15(12-13)25-8-10-26(11-9-25)32(30,31)16-6-4-14(5-7-16)23-17(27)18(28)24-29/h1-7,12,29H,8-11H2,(H,23,27)(H,24,28). The Morgan fingerprint density at radius 1 is 0.938 bits per heavy atom. The predicted molar refractivity (Wildman–Crippen MR) is 107 cm³/mol. The summed E-state index contributed by atoms with van der Waals surface area (Å²) in [6, 6.07) is 9.95. The molecule has 0 saturated carbocycles. The van der Waals surface area contributed by atoms with Crippen molar-refractivity contribution in [2.45, 2.75) is 11.1 Å². The van der Waals surface area contributed by atoms with Crippen LogP contribution in [-0.2, 0) is 25.8 Å². The normalized spacial score (nSPS) is 15.3. The first-order valence-corrected chi connectivity index (χ1v) is 10.7. The van der Waals surface area contributed by atoms with Crippen molar-refractivity contribution >= 4 is 33.2 Å². The van der Waals surface area contributed by atoms with Crippen molar-refractivity contribution < 1.29 is 36.4 Å².